The molecule has 80 valence electrons. The molecule has 0 unspecified atom stereocenters. The zero-order chi connectivity index (χ0) is 10.2. The average molecular weight is 237 g/mol. The Labute approximate surface area is 93.5 Å². The summed E-state index contributed by atoms with van der Waals surface area (Å²) in [5.41, 5.74) is 0. The zero-order valence-electron chi connectivity index (χ0n) is 7.85. The summed E-state index contributed by atoms with van der Waals surface area (Å²) in [6.07, 6.45) is 2.80. The molecule has 1 aliphatic carbocycles. The van der Waals surface area contributed by atoms with Crippen LogP contribution in [0.2, 0.25) is 0 Å². The van der Waals surface area contributed by atoms with Gasteiger partial charge in [-0.05, 0) is 25.8 Å². The normalized spacial score (nSPS) is 34.1. The van der Waals surface area contributed by atoms with Crippen LogP contribution in [0.25, 0.3) is 0 Å². The summed E-state index contributed by atoms with van der Waals surface area (Å²) in [6, 6.07) is -0.00574. The van der Waals surface area contributed by atoms with Gasteiger partial charge in [-0.1, -0.05) is 0 Å². The van der Waals surface area contributed by atoms with Gasteiger partial charge in [-0.3, -0.25) is 4.79 Å². The highest BCUT2D eigenvalue weighted by atomic mass is 35.5. The minimum absolute atomic E-state index is 0.00574. The third-order valence-electron chi connectivity index (χ3n) is 2.86. The van der Waals surface area contributed by atoms with E-state index >= 15 is 0 Å². The fraction of sp³-hybridized carbons (Fsp3) is 0.889. The van der Waals surface area contributed by atoms with Crippen LogP contribution >= 0.6 is 23.2 Å². The van der Waals surface area contributed by atoms with Gasteiger partial charge in [0.2, 0.25) is 5.91 Å². The summed E-state index contributed by atoms with van der Waals surface area (Å²) in [7, 11) is 0. The van der Waals surface area contributed by atoms with Crippen molar-refractivity contribution >= 4 is 29.1 Å². The van der Waals surface area contributed by atoms with Crippen LogP contribution in [0.1, 0.15) is 19.3 Å². The second kappa shape index (κ2) is 3.87. The van der Waals surface area contributed by atoms with Crippen molar-refractivity contribution in [3.8, 4) is 0 Å². The number of hydrogen-bond acceptors (Lipinski definition) is 2. The van der Waals surface area contributed by atoms with E-state index in [2.05, 4.69) is 10.6 Å². The predicted molar refractivity (Wildman–Crippen MR) is 56.6 cm³/mol. The molecule has 0 spiro atoms. The SMILES string of the molecule is O=C(NC[C@H]1CC1(Cl)Cl)[C@@H]1CCCN1. The molecule has 2 aliphatic rings. The topological polar surface area (TPSA) is 41.1 Å². The lowest BCUT2D eigenvalue weighted by Crippen LogP contribution is -2.41. The van der Waals surface area contributed by atoms with E-state index in [9.17, 15) is 4.79 Å². The van der Waals surface area contributed by atoms with E-state index in [-0.39, 0.29) is 17.9 Å². The number of amides is 1. The number of nitrogens with one attached hydrogen (secondary N) is 2. The van der Waals surface area contributed by atoms with Crippen molar-refractivity contribution in [3.05, 3.63) is 0 Å². The van der Waals surface area contributed by atoms with Crippen LogP contribution in [-0.4, -0.2) is 29.4 Å². The maximum atomic E-state index is 11.5. The summed E-state index contributed by atoms with van der Waals surface area (Å²) in [6.45, 7) is 1.54. The molecule has 0 radical (unpaired) electrons. The number of carbonyl (C=O) groups is 1. The van der Waals surface area contributed by atoms with Crippen LogP contribution in [0.5, 0.6) is 0 Å². The Kier molecular flexibility index (Phi) is 2.91. The smallest absolute Gasteiger partial charge is 0.237 e. The lowest BCUT2D eigenvalue weighted by atomic mass is 10.2. The Morgan fingerprint density at radius 2 is 2.29 bits per heavy atom. The van der Waals surface area contributed by atoms with E-state index in [0.717, 1.165) is 25.8 Å². The quantitative estimate of drug-likeness (QED) is 0.720. The molecule has 5 heteroatoms. The molecule has 1 heterocycles. The van der Waals surface area contributed by atoms with Crippen molar-refractivity contribution < 1.29 is 4.79 Å². The molecule has 2 fully saturated rings. The first kappa shape index (κ1) is 10.5. The second-order valence-corrected chi connectivity index (χ2v) is 5.60. The van der Waals surface area contributed by atoms with E-state index < -0.39 is 4.33 Å². The van der Waals surface area contributed by atoms with E-state index in [4.69, 9.17) is 23.2 Å². The minimum atomic E-state index is -0.587. The number of halogens is 2. The van der Waals surface area contributed by atoms with Gasteiger partial charge in [0.15, 0.2) is 0 Å². The monoisotopic (exact) mass is 236 g/mol. The first-order valence-corrected chi connectivity index (χ1v) is 5.74. The average Bonchev–Trinajstić information content (AvgIpc) is 2.58. The van der Waals surface area contributed by atoms with Gasteiger partial charge < -0.3 is 10.6 Å². The largest absolute Gasteiger partial charge is 0.354 e. The Balaban J connectivity index is 1.68. The minimum Gasteiger partial charge on any atom is -0.354 e. The Morgan fingerprint density at radius 1 is 1.57 bits per heavy atom. The highest BCUT2D eigenvalue weighted by Gasteiger charge is 2.51. The van der Waals surface area contributed by atoms with Crippen LogP contribution in [0.4, 0.5) is 0 Å². The zero-order valence-corrected chi connectivity index (χ0v) is 9.37. The van der Waals surface area contributed by atoms with Crippen LogP contribution in [0.3, 0.4) is 0 Å². The molecule has 2 N–H and O–H groups in total. The van der Waals surface area contributed by atoms with Crippen LogP contribution in [0.15, 0.2) is 0 Å². The van der Waals surface area contributed by atoms with Crippen molar-refractivity contribution in [2.24, 2.45) is 5.92 Å². The Hall–Kier alpha value is 0.01000. The van der Waals surface area contributed by atoms with Gasteiger partial charge in [-0.2, -0.15) is 0 Å². The molecule has 0 bridgehead atoms. The summed E-state index contributed by atoms with van der Waals surface area (Å²) in [5.74, 6) is 0.315. The van der Waals surface area contributed by atoms with Gasteiger partial charge >= 0.3 is 0 Å². The number of carbonyl (C=O) groups excluding carboxylic acids is 1. The highest BCUT2D eigenvalue weighted by Crippen LogP contribution is 2.52. The van der Waals surface area contributed by atoms with E-state index in [0.29, 0.717) is 6.54 Å². The lowest BCUT2D eigenvalue weighted by Gasteiger charge is -2.10. The number of hydrogen-bond donors (Lipinski definition) is 2. The van der Waals surface area contributed by atoms with Crippen LogP contribution < -0.4 is 10.6 Å². The fourth-order valence-electron chi connectivity index (χ4n) is 1.75. The van der Waals surface area contributed by atoms with E-state index in [1.165, 1.54) is 0 Å². The first-order chi connectivity index (χ1) is 6.59. The van der Waals surface area contributed by atoms with E-state index in [1.54, 1.807) is 0 Å². The van der Waals surface area contributed by atoms with Crippen LogP contribution in [0, 0.1) is 5.92 Å². The van der Waals surface area contributed by atoms with Gasteiger partial charge in [0.05, 0.1) is 6.04 Å². The molecule has 0 aromatic heterocycles. The molecule has 14 heavy (non-hydrogen) atoms. The van der Waals surface area contributed by atoms with Gasteiger partial charge in [0.1, 0.15) is 4.33 Å². The molecule has 2 rings (SSSR count). The summed E-state index contributed by atoms with van der Waals surface area (Å²) in [4.78, 5) is 11.5. The molecule has 0 aromatic rings. The lowest BCUT2D eigenvalue weighted by molar-refractivity contribution is -0.122. The summed E-state index contributed by atoms with van der Waals surface area (Å²) < 4.78 is -0.587. The summed E-state index contributed by atoms with van der Waals surface area (Å²) >= 11 is 11.7. The Morgan fingerprint density at radius 3 is 2.79 bits per heavy atom. The number of alkyl halides is 2. The molecule has 1 aliphatic heterocycles. The molecule has 1 amide bonds. The van der Waals surface area contributed by atoms with Crippen molar-refractivity contribution in [2.45, 2.75) is 29.6 Å². The van der Waals surface area contributed by atoms with Gasteiger partial charge in [-0.15, -0.1) is 23.2 Å². The van der Waals surface area contributed by atoms with Crippen molar-refractivity contribution in [1.29, 1.82) is 0 Å². The van der Waals surface area contributed by atoms with Crippen molar-refractivity contribution in [2.75, 3.05) is 13.1 Å². The van der Waals surface area contributed by atoms with Crippen molar-refractivity contribution in [1.82, 2.24) is 10.6 Å². The third-order valence-corrected chi connectivity index (χ3v) is 3.78. The highest BCUT2D eigenvalue weighted by molar-refractivity contribution is 6.50. The molecule has 0 aromatic carbocycles. The van der Waals surface area contributed by atoms with Gasteiger partial charge in [-0.25, -0.2) is 0 Å². The molecule has 1 saturated carbocycles. The van der Waals surface area contributed by atoms with E-state index in [1.807, 2.05) is 0 Å². The molecule has 2 atom stereocenters. The molecular formula is C9H14Cl2N2O. The summed E-state index contributed by atoms with van der Waals surface area (Å²) in [5, 5.41) is 6.02. The molecule has 1 saturated heterocycles. The standard InChI is InChI=1S/C9H14Cl2N2O/c10-9(11)4-6(9)5-13-8(14)7-2-1-3-12-7/h6-7,12H,1-5H2,(H,13,14)/t6-,7+/m1/s1. The number of rotatable bonds is 3. The molecular weight excluding hydrogens is 223 g/mol. The van der Waals surface area contributed by atoms with Crippen molar-refractivity contribution in [3.63, 3.8) is 0 Å². The predicted octanol–water partition coefficient (Wildman–Crippen LogP) is 1.05. The van der Waals surface area contributed by atoms with Gasteiger partial charge in [0.25, 0.3) is 0 Å². The fourth-order valence-corrected chi connectivity index (χ4v) is 2.27. The van der Waals surface area contributed by atoms with Gasteiger partial charge in [0, 0.05) is 12.5 Å². The first-order valence-electron chi connectivity index (χ1n) is 4.98. The maximum absolute atomic E-state index is 11.5. The molecule has 3 nitrogen and oxygen atoms in total. The maximum Gasteiger partial charge on any atom is 0.237 e. The van der Waals surface area contributed by atoms with Crippen LogP contribution in [-0.2, 0) is 4.79 Å². The second-order valence-electron chi connectivity index (χ2n) is 4.06. The third kappa shape index (κ3) is 2.33. The Bertz CT molecular complexity index is 239.